The molecule has 0 aromatic heterocycles. The molecule has 6 nitrogen and oxygen atoms in total. The summed E-state index contributed by atoms with van der Waals surface area (Å²) in [4.78, 5) is 31.4. The number of nitrogens with one attached hydrogen (secondary N) is 2. The molecule has 158 valence electrons. The van der Waals surface area contributed by atoms with Crippen molar-refractivity contribution in [3.63, 3.8) is 0 Å². The topological polar surface area (TPSA) is 64.7 Å². The van der Waals surface area contributed by atoms with Crippen molar-refractivity contribution in [2.45, 2.75) is 57.5 Å². The Morgan fingerprint density at radius 3 is 2.93 bits per heavy atom. The van der Waals surface area contributed by atoms with Gasteiger partial charge in [0.2, 0.25) is 11.8 Å². The summed E-state index contributed by atoms with van der Waals surface area (Å²) in [5.41, 5.74) is 1.00. The van der Waals surface area contributed by atoms with Gasteiger partial charge in [0.15, 0.2) is 0 Å². The molecule has 3 aliphatic heterocycles. The number of amides is 2. The van der Waals surface area contributed by atoms with Gasteiger partial charge in [-0.1, -0.05) is 38.5 Å². The predicted octanol–water partition coefficient (Wildman–Crippen LogP) is 2.56. The van der Waals surface area contributed by atoms with Crippen LogP contribution in [0.1, 0.15) is 51.5 Å². The molecule has 0 radical (unpaired) electrons. The molecular weight excluding hydrogens is 364 g/mol. The fourth-order valence-electron chi connectivity index (χ4n) is 5.65. The Morgan fingerprint density at radius 1 is 1.31 bits per heavy atom. The fourth-order valence-corrected chi connectivity index (χ4v) is 5.65. The third-order valence-corrected chi connectivity index (χ3v) is 7.09. The SMILES string of the molecule is CCCCN(CC)CCNC(=O)C1CC2CCCN2C12C(=O)Nc1ccccc12. The number of benzene rings is 1. The Bertz CT molecular complexity index is 767. The normalized spacial score (nSPS) is 28.0. The van der Waals surface area contributed by atoms with Crippen molar-refractivity contribution in [3.05, 3.63) is 29.8 Å². The van der Waals surface area contributed by atoms with Crippen LogP contribution in [-0.4, -0.2) is 60.4 Å². The standard InChI is InChI=1S/C23H34N4O2/c1-3-5-13-26(4-2)15-12-24-21(28)19-16-17-9-8-14-27(17)23(19)18-10-6-7-11-20(18)25-22(23)29/h6-7,10-11,17,19H,3-5,8-9,12-16H2,1-2H3,(H,24,28)(H,25,29). The van der Waals surface area contributed by atoms with E-state index in [4.69, 9.17) is 0 Å². The highest BCUT2D eigenvalue weighted by atomic mass is 16.2. The molecule has 0 bridgehead atoms. The average molecular weight is 399 g/mol. The highest BCUT2D eigenvalue weighted by Gasteiger charge is 2.65. The van der Waals surface area contributed by atoms with Crippen molar-refractivity contribution in [2.24, 2.45) is 5.92 Å². The zero-order valence-electron chi connectivity index (χ0n) is 17.7. The van der Waals surface area contributed by atoms with E-state index in [0.717, 1.165) is 56.7 Å². The predicted molar refractivity (Wildman–Crippen MR) is 115 cm³/mol. The van der Waals surface area contributed by atoms with Gasteiger partial charge >= 0.3 is 0 Å². The van der Waals surface area contributed by atoms with Crippen LogP contribution in [-0.2, 0) is 15.1 Å². The van der Waals surface area contributed by atoms with E-state index in [-0.39, 0.29) is 17.7 Å². The van der Waals surface area contributed by atoms with Crippen LogP contribution in [0.25, 0.3) is 0 Å². The van der Waals surface area contributed by atoms with E-state index in [1.165, 1.54) is 12.8 Å². The van der Waals surface area contributed by atoms with E-state index >= 15 is 0 Å². The van der Waals surface area contributed by atoms with Crippen LogP contribution in [0.2, 0.25) is 0 Å². The number of unbranched alkanes of at least 4 members (excludes halogenated alkanes) is 1. The summed E-state index contributed by atoms with van der Waals surface area (Å²) >= 11 is 0. The molecular formula is C23H34N4O2. The van der Waals surface area contributed by atoms with E-state index in [1.807, 2.05) is 24.3 Å². The summed E-state index contributed by atoms with van der Waals surface area (Å²) in [6.07, 6.45) is 5.29. The van der Waals surface area contributed by atoms with Gasteiger partial charge in [-0.05, 0) is 51.4 Å². The second kappa shape index (κ2) is 8.44. The van der Waals surface area contributed by atoms with Gasteiger partial charge in [0.1, 0.15) is 5.54 Å². The van der Waals surface area contributed by atoms with Gasteiger partial charge in [-0.15, -0.1) is 0 Å². The molecule has 6 heteroatoms. The first kappa shape index (κ1) is 20.4. The summed E-state index contributed by atoms with van der Waals surface area (Å²) in [6.45, 7) is 8.81. The van der Waals surface area contributed by atoms with Crippen molar-refractivity contribution in [1.82, 2.24) is 15.1 Å². The molecule has 2 fully saturated rings. The van der Waals surface area contributed by atoms with Crippen molar-refractivity contribution in [2.75, 3.05) is 38.0 Å². The molecule has 0 aliphatic carbocycles. The molecule has 3 atom stereocenters. The molecule has 3 unspecified atom stereocenters. The summed E-state index contributed by atoms with van der Waals surface area (Å²) in [5.74, 6) is -0.332. The number of carbonyl (C=O) groups excluding carboxylic acids is 2. The number of anilines is 1. The number of carbonyl (C=O) groups is 2. The van der Waals surface area contributed by atoms with Crippen molar-refractivity contribution in [3.8, 4) is 0 Å². The van der Waals surface area contributed by atoms with Gasteiger partial charge in [0, 0.05) is 30.4 Å². The molecule has 2 N–H and O–H groups in total. The van der Waals surface area contributed by atoms with Crippen LogP contribution in [0, 0.1) is 5.92 Å². The van der Waals surface area contributed by atoms with E-state index in [9.17, 15) is 9.59 Å². The minimum absolute atomic E-state index is 0.0257. The summed E-state index contributed by atoms with van der Waals surface area (Å²) < 4.78 is 0. The minimum atomic E-state index is -0.839. The number of hydrogen-bond acceptors (Lipinski definition) is 4. The molecule has 1 spiro atoms. The maximum Gasteiger partial charge on any atom is 0.250 e. The zero-order chi connectivity index (χ0) is 20.4. The second-order valence-electron chi connectivity index (χ2n) is 8.62. The zero-order valence-corrected chi connectivity index (χ0v) is 17.7. The molecule has 0 saturated carbocycles. The Balaban J connectivity index is 1.52. The van der Waals surface area contributed by atoms with Crippen molar-refractivity contribution < 1.29 is 9.59 Å². The number of likely N-dealkylation sites (N-methyl/N-ethyl adjacent to an activating group) is 1. The fraction of sp³-hybridized carbons (Fsp3) is 0.652. The van der Waals surface area contributed by atoms with E-state index in [2.05, 4.69) is 34.3 Å². The maximum atomic E-state index is 13.3. The maximum absolute atomic E-state index is 13.3. The molecule has 4 rings (SSSR count). The number of nitrogens with zero attached hydrogens (tertiary/aromatic N) is 2. The largest absolute Gasteiger partial charge is 0.354 e. The minimum Gasteiger partial charge on any atom is -0.354 e. The highest BCUT2D eigenvalue weighted by molar-refractivity contribution is 6.09. The Morgan fingerprint density at radius 2 is 2.14 bits per heavy atom. The molecule has 2 amide bonds. The lowest BCUT2D eigenvalue weighted by molar-refractivity contribution is -0.137. The van der Waals surface area contributed by atoms with Crippen LogP contribution in [0.4, 0.5) is 5.69 Å². The van der Waals surface area contributed by atoms with Crippen LogP contribution in [0.15, 0.2) is 24.3 Å². The van der Waals surface area contributed by atoms with E-state index in [1.54, 1.807) is 0 Å². The lowest BCUT2D eigenvalue weighted by Crippen LogP contribution is -2.54. The Hall–Kier alpha value is -1.92. The molecule has 1 aromatic rings. The molecule has 29 heavy (non-hydrogen) atoms. The number of rotatable bonds is 8. The van der Waals surface area contributed by atoms with Crippen LogP contribution in [0.5, 0.6) is 0 Å². The first-order chi connectivity index (χ1) is 14.1. The van der Waals surface area contributed by atoms with Gasteiger partial charge in [0.25, 0.3) is 0 Å². The van der Waals surface area contributed by atoms with Gasteiger partial charge in [0.05, 0.1) is 5.92 Å². The first-order valence-corrected chi connectivity index (χ1v) is 11.3. The van der Waals surface area contributed by atoms with E-state index < -0.39 is 5.54 Å². The van der Waals surface area contributed by atoms with Gasteiger partial charge in [-0.25, -0.2) is 0 Å². The molecule has 1 aromatic carbocycles. The Kier molecular flexibility index (Phi) is 5.93. The van der Waals surface area contributed by atoms with Crippen LogP contribution >= 0.6 is 0 Å². The number of para-hydroxylation sites is 1. The summed E-state index contributed by atoms with van der Waals surface area (Å²) in [5, 5.41) is 6.24. The van der Waals surface area contributed by atoms with Crippen molar-refractivity contribution in [1.29, 1.82) is 0 Å². The highest BCUT2D eigenvalue weighted by Crippen LogP contribution is 2.55. The van der Waals surface area contributed by atoms with Crippen molar-refractivity contribution >= 4 is 17.5 Å². The lowest BCUT2D eigenvalue weighted by atomic mass is 9.78. The third-order valence-electron chi connectivity index (χ3n) is 7.09. The monoisotopic (exact) mass is 398 g/mol. The van der Waals surface area contributed by atoms with E-state index in [0.29, 0.717) is 12.6 Å². The average Bonchev–Trinajstić information content (AvgIpc) is 3.39. The first-order valence-electron chi connectivity index (χ1n) is 11.3. The molecule has 3 aliphatic rings. The summed E-state index contributed by atoms with van der Waals surface area (Å²) in [6, 6.07) is 8.22. The van der Waals surface area contributed by atoms with Gasteiger partial charge in [-0.2, -0.15) is 0 Å². The van der Waals surface area contributed by atoms with Gasteiger partial charge < -0.3 is 15.5 Å². The third kappa shape index (κ3) is 3.36. The Labute approximate surface area is 174 Å². The van der Waals surface area contributed by atoms with Gasteiger partial charge in [-0.3, -0.25) is 14.5 Å². The van der Waals surface area contributed by atoms with Crippen LogP contribution in [0.3, 0.4) is 0 Å². The van der Waals surface area contributed by atoms with Crippen LogP contribution < -0.4 is 10.6 Å². The lowest BCUT2D eigenvalue weighted by Gasteiger charge is -2.36. The number of hydrogen-bond donors (Lipinski definition) is 2. The smallest absolute Gasteiger partial charge is 0.250 e. The quantitative estimate of drug-likeness (QED) is 0.706. The second-order valence-corrected chi connectivity index (χ2v) is 8.62. The summed E-state index contributed by atoms with van der Waals surface area (Å²) in [7, 11) is 0. The number of fused-ring (bicyclic) bond motifs is 4. The molecule has 2 saturated heterocycles. The molecule has 3 heterocycles.